The molecule has 0 saturated heterocycles. The van der Waals surface area contributed by atoms with Crippen LogP contribution >= 0.6 is 0 Å². The van der Waals surface area contributed by atoms with Crippen LogP contribution in [0.25, 0.3) is 11.4 Å². The van der Waals surface area contributed by atoms with Crippen molar-refractivity contribution in [1.29, 1.82) is 0 Å². The first-order valence-electron chi connectivity index (χ1n) is 8.27. The molecule has 0 spiro atoms. The van der Waals surface area contributed by atoms with Crippen LogP contribution in [0.2, 0.25) is 0 Å². The SMILES string of the molecule is COCCn1cnnc1C(C)NC(=O)c1cnc(-c2cccnc2)[nH]c1=O. The molecule has 0 fully saturated rings. The number of pyridine rings is 1. The Morgan fingerprint density at radius 2 is 2.26 bits per heavy atom. The van der Waals surface area contributed by atoms with E-state index < -0.39 is 17.5 Å². The molecule has 1 amide bonds. The highest BCUT2D eigenvalue weighted by atomic mass is 16.5. The second-order valence-corrected chi connectivity index (χ2v) is 5.79. The number of nitrogens with one attached hydrogen (secondary N) is 2. The van der Waals surface area contributed by atoms with Crippen molar-refractivity contribution in [3.8, 4) is 11.4 Å². The second kappa shape index (κ2) is 8.32. The molecule has 3 rings (SSSR count). The Morgan fingerprint density at radius 1 is 1.41 bits per heavy atom. The van der Waals surface area contributed by atoms with Crippen molar-refractivity contribution < 1.29 is 9.53 Å². The zero-order valence-electron chi connectivity index (χ0n) is 14.9. The Morgan fingerprint density at radius 3 is 2.96 bits per heavy atom. The molecule has 140 valence electrons. The fraction of sp³-hybridized carbons (Fsp3) is 0.294. The highest BCUT2D eigenvalue weighted by Crippen LogP contribution is 2.12. The van der Waals surface area contributed by atoms with E-state index in [4.69, 9.17) is 4.74 Å². The molecule has 0 bridgehead atoms. The van der Waals surface area contributed by atoms with E-state index in [0.29, 0.717) is 30.4 Å². The summed E-state index contributed by atoms with van der Waals surface area (Å²) in [6.07, 6.45) is 6.01. The van der Waals surface area contributed by atoms with Gasteiger partial charge in [0.2, 0.25) is 0 Å². The van der Waals surface area contributed by atoms with Gasteiger partial charge in [0.25, 0.3) is 11.5 Å². The van der Waals surface area contributed by atoms with Crippen LogP contribution in [0, 0.1) is 0 Å². The molecule has 0 radical (unpaired) electrons. The first-order valence-corrected chi connectivity index (χ1v) is 8.27. The molecule has 0 aliphatic rings. The van der Waals surface area contributed by atoms with Gasteiger partial charge in [-0.25, -0.2) is 4.98 Å². The molecular formula is C17H19N7O3. The lowest BCUT2D eigenvalue weighted by Crippen LogP contribution is -2.33. The molecule has 27 heavy (non-hydrogen) atoms. The number of rotatable bonds is 7. The van der Waals surface area contributed by atoms with Crippen molar-refractivity contribution in [1.82, 2.24) is 35.0 Å². The number of carbonyl (C=O) groups is 1. The smallest absolute Gasteiger partial charge is 0.264 e. The molecule has 0 aromatic carbocycles. The van der Waals surface area contributed by atoms with Crippen LogP contribution in [0.5, 0.6) is 0 Å². The van der Waals surface area contributed by atoms with Gasteiger partial charge in [0, 0.05) is 37.8 Å². The van der Waals surface area contributed by atoms with Crippen LogP contribution in [-0.4, -0.2) is 49.3 Å². The van der Waals surface area contributed by atoms with E-state index in [-0.39, 0.29) is 5.56 Å². The van der Waals surface area contributed by atoms with Gasteiger partial charge in [0.1, 0.15) is 17.7 Å². The molecule has 10 heteroatoms. The van der Waals surface area contributed by atoms with Gasteiger partial charge in [-0.3, -0.25) is 14.6 Å². The van der Waals surface area contributed by atoms with Gasteiger partial charge in [-0.15, -0.1) is 10.2 Å². The number of amides is 1. The van der Waals surface area contributed by atoms with E-state index in [1.807, 2.05) is 0 Å². The normalized spacial score (nSPS) is 11.9. The molecule has 1 unspecified atom stereocenters. The number of H-pyrrole nitrogens is 1. The average Bonchev–Trinajstić information content (AvgIpc) is 3.15. The van der Waals surface area contributed by atoms with Crippen molar-refractivity contribution >= 4 is 5.91 Å². The number of aromatic amines is 1. The number of hydrogen-bond donors (Lipinski definition) is 2. The molecule has 10 nitrogen and oxygen atoms in total. The molecule has 2 N–H and O–H groups in total. The number of aromatic nitrogens is 6. The van der Waals surface area contributed by atoms with Crippen LogP contribution in [0.4, 0.5) is 0 Å². The standard InChI is InChI=1S/C17H19N7O3/c1-11(15-23-20-10-24(15)6-7-27-2)21-16(25)13-9-19-14(22-17(13)26)12-4-3-5-18-8-12/h3-5,8-11H,6-7H2,1-2H3,(H,21,25)(H,19,22,26). The lowest BCUT2D eigenvalue weighted by atomic mass is 10.2. The minimum Gasteiger partial charge on any atom is -0.383 e. The molecule has 1 atom stereocenters. The number of methoxy groups -OCH3 is 1. The molecule has 3 aromatic heterocycles. The van der Waals surface area contributed by atoms with Crippen molar-refractivity contribution in [2.24, 2.45) is 0 Å². The monoisotopic (exact) mass is 369 g/mol. The van der Waals surface area contributed by atoms with Crippen LogP contribution in [0.15, 0.2) is 41.8 Å². The maximum atomic E-state index is 12.5. The first-order chi connectivity index (χ1) is 13.1. The second-order valence-electron chi connectivity index (χ2n) is 5.79. The van der Waals surface area contributed by atoms with E-state index in [2.05, 4.69) is 30.5 Å². The fourth-order valence-electron chi connectivity index (χ4n) is 2.51. The topological polar surface area (TPSA) is 128 Å². The van der Waals surface area contributed by atoms with E-state index in [9.17, 15) is 9.59 Å². The van der Waals surface area contributed by atoms with E-state index in [1.54, 1.807) is 49.5 Å². The Kier molecular flexibility index (Phi) is 5.67. The highest BCUT2D eigenvalue weighted by Gasteiger charge is 2.19. The minimum atomic E-state index is -0.546. The van der Waals surface area contributed by atoms with Gasteiger partial charge in [-0.05, 0) is 19.1 Å². The lowest BCUT2D eigenvalue weighted by Gasteiger charge is -2.14. The van der Waals surface area contributed by atoms with Gasteiger partial charge in [-0.1, -0.05) is 0 Å². The summed E-state index contributed by atoms with van der Waals surface area (Å²) in [4.78, 5) is 35.5. The summed E-state index contributed by atoms with van der Waals surface area (Å²) in [5.74, 6) is 0.365. The van der Waals surface area contributed by atoms with E-state index in [1.165, 1.54) is 6.20 Å². The molecule has 0 aliphatic carbocycles. The lowest BCUT2D eigenvalue weighted by molar-refractivity contribution is 0.0935. The van der Waals surface area contributed by atoms with Gasteiger partial charge >= 0.3 is 0 Å². The predicted octanol–water partition coefficient (Wildman–Crippen LogP) is 0.561. The highest BCUT2D eigenvalue weighted by molar-refractivity contribution is 5.93. The van der Waals surface area contributed by atoms with Gasteiger partial charge in [0.05, 0.1) is 12.6 Å². The Hall–Kier alpha value is -3.40. The molecule has 3 aromatic rings. The summed E-state index contributed by atoms with van der Waals surface area (Å²) in [6.45, 7) is 2.81. The Balaban J connectivity index is 1.75. The number of ether oxygens (including phenoxy) is 1. The number of hydrogen-bond acceptors (Lipinski definition) is 7. The summed E-state index contributed by atoms with van der Waals surface area (Å²) in [7, 11) is 1.60. The molecule has 0 saturated carbocycles. The van der Waals surface area contributed by atoms with Crippen molar-refractivity contribution in [2.45, 2.75) is 19.5 Å². The Labute approximate surface area is 154 Å². The molecular weight excluding hydrogens is 350 g/mol. The third-order valence-electron chi connectivity index (χ3n) is 3.90. The zero-order chi connectivity index (χ0) is 19.2. The van der Waals surface area contributed by atoms with E-state index >= 15 is 0 Å². The number of carbonyl (C=O) groups excluding carboxylic acids is 1. The van der Waals surface area contributed by atoms with Crippen LogP contribution in [0.3, 0.4) is 0 Å². The molecule has 3 heterocycles. The van der Waals surface area contributed by atoms with Crippen LogP contribution < -0.4 is 10.9 Å². The van der Waals surface area contributed by atoms with Crippen molar-refractivity contribution in [2.75, 3.05) is 13.7 Å². The predicted molar refractivity (Wildman–Crippen MR) is 95.9 cm³/mol. The third kappa shape index (κ3) is 4.23. The third-order valence-corrected chi connectivity index (χ3v) is 3.90. The van der Waals surface area contributed by atoms with Gasteiger partial charge in [-0.2, -0.15) is 0 Å². The minimum absolute atomic E-state index is 0.0857. The summed E-state index contributed by atoms with van der Waals surface area (Å²) < 4.78 is 6.82. The zero-order valence-corrected chi connectivity index (χ0v) is 14.9. The quantitative estimate of drug-likeness (QED) is 0.623. The largest absolute Gasteiger partial charge is 0.383 e. The van der Waals surface area contributed by atoms with E-state index in [0.717, 1.165) is 0 Å². The number of nitrogens with zero attached hydrogens (tertiary/aromatic N) is 5. The summed E-state index contributed by atoms with van der Waals surface area (Å²) in [5, 5.41) is 10.6. The maximum Gasteiger partial charge on any atom is 0.264 e. The first kappa shape index (κ1) is 18.4. The fourth-order valence-corrected chi connectivity index (χ4v) is 2.51. The summed E-state index contributed by atoms with van der Waals surface area (Å²) in [6, 6.07) is 3.05. The van der Waals surface area contributed by atoms with Gasteiger partial charge < -0.3 is 19.6 Å². The Bertz CT molecular complexity index is 968. The molecule has 0 aliphatic heterocycles. The summed E-state index contributed by atoms with van der Waals surface area (Å²) >= 11 is 0. The summed E-state index contributed by atoms with van der Waals surface area (Å²) in [5.41, 5.74) is 0.0352. The average molecular weight is 369 g/mol. The van der Waals surface area contributed by atoms with Crippen LogP contribution in [0.1, 0.15) is 29.1 Å². The van der Waals surface area contributed by atoms with Crippen molar-refractivity contribution in [3.63, 3.8) is 0 Å². The van der Waals surface area contributed by atoms with Gasteiger partial charge in [0.15, 0.2) is 5.82 Å². The van der Waals surface area contributed by atoms with Crippen molar-refractivity contribution in [3.05, 3.63) is 58.8 Å². The van der Waals surface area contributed by atoms with Crippen LogP contribution in [-0.2, 0) is 11.3 Å². The maximum absolute atomic E-state index is 12.5.